The SMILES string of the molecule is Cc1noc(CNc2ccc3n[nH]c(=O)n3n2)n1. The molecule has 0 saturated heterocycles. The van der Waals surface area contributed by atoms with E-state index in [1.807, 2.05) is 0 Å². The van der Waals surface area contributed by atoms with Gasteiger partial charge in [0.2, 0.25) is 5.89 Å². The molecule has 0 radical (unpaired) electrons. The molecule has 0 unspecified atom stereocenters. The van der Waals surface area contributed by atoms with Gasteiger partial charge >= 0.3 is 5.69 Å². The van der Waals surface area contributed by atoms with Crippen molar-refractivity contribution < 1.29 is 4.52 Å². The predicted octanol–water partition coefficient (Wildman–Crippen LogP) is -0.279. The highest BCUT2D eigenvalue weighted by atomic mass is 16.5. The molecule has 0 atom stereocenters. The summed E-state index contributed by atoms with van der Waals surface area (Å²) < 4.78 is 6.11. The Bertz CT molecular complexity index is 741. The molecule has 3 aromatic rings. The smallest absolute Gasteiger partial charge is 0.360 e. The molecular weight excluding hydrogens is 238 g/mol. The molecule has 9 heteroatoms. The third-order valence-corrected chi connectivity index (χ3v) is 2.26. The Morgan fingerprint density at radius 1 is 1.50 bits per heavy atom. The largest absolute Gasteiger partial charge is 0.364 e. The van der Waals surface area contributed by atoms with Crippen molar-refractivity contribution in [2.24, 2.45) is 0 Å². The van der Waals surface area contributed by atoms with Crippen LogP contribution in [-0.2, 0) is 6.54 Å². The number of anilines is 1. The summed E-state index contributed by atoms with van der Waals surface area (Å²) in [6.07, 6.45) is 0. The standard InChI is InChI=1S/C9H9N7O2/c1-5-11-8(18-15-5)4-10-6-2-3-7-12-13-9(17)16(7)14-6/h2-3H,4H2,1H3,(H,10,14)(H,13,17). The number of aromatic nitrogens is 6. The van der Waals surface area contributed by atoms with Crippen molar-refractivity contribution in [3.05, 3.63) is 34.3 Å². The Balaban J connectivity index is 1.82. The Morgan fingerprint density at radius 3 is 3.17 bits per heavy atom. The number of hydrogen-bond acceptors (Lipinski definition) is 7. The van der Waals surface area contributed by atoms with Gasteiger partial charge in [-0.05, 0) is 19.1 Å². The Hall–Kier alpha value is -2.71. The molecule has 0 amide bonds. The van der Waals surface area contributed by atoms with E-state index < -0.39 is 0 Å². The Kier molecular flexibility index (Phi) is 2.29. The fourth-order valence-electron chi connectivity index (χ4n) is 1.48. The molecule has 0 aliphatic heterocycles. The quantitative estimate of drug-likeness (QED) is 0.654. The molecule has 3 aromatic heterocycles. The zero-order valence-electron chi connectivity index (χ0n) is 9.41. The first-order chi connectivity index (χ1) is 8.72. The maximum atomic E-state index is 11.3. The van der Waals surface area contributed by atoms with Crippen molar-refractivity contribution in [2.75, 3.05) is 5.32 Å². The zero-order valence-corrected chi connectivity index (χ0v) is 9.41. The van der Waals surface area contributed by atoms with E-state index in [-0.39, 0.29) is 5.69 Å². The van der Waals surface area contributed by atoms with Gasteiger partial charge in [0.15, 0.2) is 11.5 Å². The highest BCUT2D eigenvalue weighted by Crippen LogP contribution is 2.05. The lowest BCUT2D eigenvalue weighted by atomic mass is 10.5. The molecule has 0 fully saturated rings. The summed E-state index contributed by atoms with van der Waals surface area (Å²) in [6, 6.07) is 3.38. The fraction of sp³-hybridized carbons (Fsp3) is 0.222. The number of nitrogens with one attached hydrogen (secondary N) is 2. The van der Waals surface area contributed by atoms with Gasteiger partial charge in [-0.1, -0.05) is 5.16 Å². The van der Waals surface area contributed by atoms with E-state index >= 15 is 0 Å². The van der Waals surface area contributed by atoms with Gasteiger partial charge in [0.25, 0.3) is 0 Å². The monoisotopic (exact) mass is 247 g/mol. The predicted molar refractivity (Wildman–Crippen MR) is 60.0 cm³/mol. The molecule has 18 heavy (non-hydrogen) atoms. The number of nitrogens with zero attached hydrogens (tertiary/aromatic N) is 5. The van der Waals surface area contributed by atoms with Crippen LogP contribution in [0.2, 0.25) is 0 Å². The van der Waals surface area contributed by atoms with Gasteiger partial charge in [0.05, 0.1) is 6.54 Å². The van der Waals surface area contributed by atoms with Crippen LogP contribution in [0.5, 0.6) is 0 Å². The summed E-state index contributed by atoms with van der Waals surface area (Å²) >= 11 is 0. The van der Waals surface area contributed by atoms with Gasteiger partial charge in [0.1, 0.15) is 5.82 Å². The maximum Gasteiger partial charge on any atom is 0.364 e. The van der Waals surface area contributed by atoms with Gasteiger partial charge in [-0.25, -0.2) is 9.89 Å². The summed E-state index contributed by atoms with van der Waals surface area (Å²) in [4.78, 5) is 15.4. The first kappa shape index (κ1) is 10.4. The van der Waals surface area contributed by atoms with Crippen LogP contribution in [0.1, 0.15) is 11.7 Å². The second-order valence-electron chi connectivity index (χ2n) is 3.61. The molecule has 0 saturated carbocycles. The number of fused-ring (bicyclic) bond motifs is 1. The molecule has 0 bridgehead atoms. The van der Waals surface area contributed by atoms with E-state index in [1.165, 1.54) is 4.52 Å². The zero-order chi connectivity index (χ0) is 12.5. The molecule has 3 heterocycles. The van der Waals surface area contributed by atoms with Gasteiger partial charge in [-0.3, -0.25) is 0 Å². The lowest BCUT2D eigenvalue weighted by Crippen LogP contribution is -2.14. The molecule has 0 aliphatic carbocycles. The van der Waals surface area contributed by atoms with Crippen molar-refractivity contribution in [3.63, 3.8) is 0 Å². The summed E-state index contributed by atoms with van der Waals surface area (Å²) in [5.41, 5.74) is 0.0708. The number of H-pyrrole nitrogens is 1. The van der Waals surface area contributed by atoms with Crippen molar-refractivity contribution >= 4 is 11.5 Å². The molecule has 0 aliphatic rings. The molecule has 9 nitrogen and oxygen atoms in total. The minimum Gasteiger partial charge on any atom is -0.360 e. The molecule has 0 aromatic carbocycles. The topological polar surface area (TPSA) is 114 Å². The first-order valence-electron chi connectivity index (χ1n) is 5.20. The van der Waals surface area contributed by atoms with Crippen LogP contribution in [0, 0.1) is 6.92 Å². The van der Waals surface area contributed by atoms with E-state index in [2.05, 4.69) is 30.8 Å². The van der Waals surface area contributed by atoms with E-state index in [1.54, 1.807) is 19.1 Å². The minimum absolute atomic E-state index is 0.339. The van der Waals surface area contributed by atoms with E-state index in [9.17, 15) is 4.79 Å². The lowest BCUT2D eigenvalue weighted by molar-refractivity contribution is 0.379. The first-order valence-corrected chi connectivity index (χ1v) is 5.20. The highest BCUT2D eigenvalue weighted by molar-refractivity contribution is 5.42. The van der Waals surface area contributed by atoms with Crippen molar-refractivity contribution in [1.82, 2.24) is 30.0 Å². The van der Waals surface area contributed by atoms with Gasteiger partial charge in [-0.2, -0.15) is 14.6 Å². The summed E-state index contributed by atoms with van der Waals surface area (Å²) in [6.45, 7) is 2.08. The van der Waals surface area contributed by atoms with Crippen LogP contribution in [0.4, 0.5) is 5.82 Å². The number of rotatable bonds is 3. The lowest BCUT2D eigenvalue weighted by Gasteiger charge is -2.01. The van der Waals surface area contributed by atoms with Crippen molar-refractivity contribution in [1.29, 1.82) is 0 Å². The molecule has 0 spiro atoms. The van der Waals surface area contributed by atoms with Crippen LogP contribution in [0.3, 0.4) is 0 Å². The molecular formula is C9H9N7O2. The second-order valence-corrected chi connectivity index (χ2v) is 3.61. The van der Waals surface area contributed by atoms with Crippen molar-refractivity contribution in [2.45, 2.75) is 13.5 Å². The average Bonchev–Trinajstić information content (AvgIpc) is 2.94. The minimum atomic E-state index is -0.387. The number of hydrogen-bond donors (Lipinski definition) is 2. The van der Waals surface area contributed by atoms with Crippen LogP contribution >= 0.6 is 0 Å². The summed E-state index contributed by atoms with van der Waals surface area (Å²) in [5.74, 6) is 1.54. The Morgan fingerprint density at radius 2 is 2.39 bits per heavy atom. The van der Waals surface area contributed by atoms with Crippen LogP contribution in [-0.4, -0.2) is 30.0 Å². The van der Waals surface area contributed by atoms with Gasteiger partial charge < -0.3 is 9.84 Å². The molecule has 3 rings (SSSR count). The molecule has 92 valence electrons. The third kappa shape index (κ3) is 1.81. The third-order valence-electron chi connectivity index (χ3n) is 2.26. The average molecular weight is 247 g/mol. The van der Waals surface area contributed by atoms with E-state index in [0.717, 1.165) is 0 Å². The van der Waals surface area contributed by atoms with E-state index in [0.29, 0.717) is 29.7 Å². The highest BCUT2D eigenvalue weighted by Gasteiger charge is 2.05. The van der Waals surface area contributed by atoms with Crippen molar-refractivity contribution in [3.8, 4) is 0 Å². The molecule has 2 N–H and O–H groups in total. The number of aromatic amines is 1. The van der Waals surface area contributed by atoms with E-state index in [4.69, 9.17) is 4.52 Å². The van der Waals surface area contributed by atoms with Crippen LogP contribution < -0.4 is 11.0 Å². The summed E-state index contributed by atoms with van der Waals surface area (Å²) in [5, 5.41) is 16.8. The van der Waals surface area contributed by atoms with Gasteiger partial charge in [0, 0.05) is 0 Å². The second kappa shape index (κ2) is 3.95. The number of aryl methyl sites for hydroxylation is 1. The maximum absolute atomic E-state index is 11.3. The van der Waals surface area contributed by atoms with Gasteiger partial charge in [-0.15, -0.1) is 5.10 Å². The van der Waals surface area contributed by atoms with Crippen LogP contribution in [0.25, 0.3) is 5.65 Å². The normalized spacial score (nSPS) is 10.9. The fourth-order valence-corrected chi connectivity index (χ4v) is 1.48. The Labute approximate surface area is 99.8 Å². The summed E-state index contributed by atoms with van der Waals surface area (Å²) in [7, 11) is 0. The van der Waals surface area contributed by atoms with Crippen LogP contribution in [0.15, 0.2) is 21.5 Å².